The van der Waals surface area contributed by atoms with Crippen LogP contribution in [-0.2, 0) is 25.4 Å². The van der Waals surface area contributed by atoms with Crippen LogP contribution in [0.1, 0.15) is 24.8 Å². The zero-order valence-electron chi connectivity index (χ0n) is 15.1. The molecule has 1 aromatic heterocycles. The number of nitrogens with zero attached hydrogens (tertiary/aromatic N) is 2. The van der Waals surface area contributed by atoms with Crippen LogP contribution in [0, 0.1) is 5.92 Å². The number of anilines is 1. The number of halogens is 4. The summed E-state index contributed by atoms with van der Waals surface area (Å²) in [6, 6.07) is 0.753. The molecule has 2 N–H and O–H groups in total. The van der Waals surface area contributed by atoms with E-state index >= 15 is 0 Å². The van der Waals surface area contributed by atoms with Crippen LogP contribution >= 0.6 is 11.6 Å². The lowest BCUT2D eigenvalue weighted by Crippen LogP contribution is -2.32. The van der Waals surface area contributed by atoms with Crippen molar-refractivity contribution in [1.82, 2.24) is 10.3 Å². The van der Waals surface area contributed by atoms with Crippen molar-refractivity contribution < 1.29 is 32.4 Å². The summed E-state index contributed by atoms with van der Waals surface area (Å²) in [4.78, 5) is 43.2. The highest BCUT2D eigenvalue weighted by atomic mass is 35.5. The summed E-state index contributed by atoms with van der Waals surface area (Å²) in [6.45, 7) is -0.159. The van der Waals surface area contributed by atoms with Gasteiger partial charge in [-0.3, -0.25) is 14.4 Å². The van der Waals surface area contributed by atoms with E-state index in [-0.39, 0.29) is 35.5 Å². The Morgan fingerprint density at radius 3 is 2.62 bits per heavy atom. The van der Waals surface area contributed by atoms with Crippen molar-refractivity contribution in [3.05, 3.63) is 22.8 Å². The van der Waals surface area contributed by atoms with Gasteiger partial charge in [-0.2, -0.15) is 13.2 Å². The number of alkyl halides is 3. The lowest BCUT2D eigenvalue weighted by atomic mass is 9.88. The van der Waals surface area contributed by atoms with Crippen molar-refractivity contribution in [2.45, 2.75) is 25.4 Å². The van der Waals surface area contributed by atoms with E-state index in [1.807, 2.05) is 0 Å². The van der Waals surface area contributed by atoms with Crippen LogP contribution < -0.4 is 10.6 Å². The second kappa shape index (κ2) is 10.2. The zero-order chi connectivity index (χ0) is 21.4. The van der Waals surface area contributed by atoms with Gasteiger partial charge in [0.25, 0.3) is 5.91 Å². The number of pyridine rings is 1. The van der Waals surface area contributed by atoms with Crippen molar-refractivity contribution in [3.8, 4) is 0 Å². The summed E-state index contributed by atoms with van der Waals surface area (Å²) in [5.41, 5.74) is -0.962. The first-order valence-corrected chi connectivity index (χ1v) is 9.00. The maximum absolute atomic E-state index is 12.5. The molecule has 0 aromatic carbocycles. The Bertz CT molecular complexity index is 785. The molecule has 1 fully saturated rings. The van der Waals surface area contributed by atoms with E-state index in [4.69, 9.17) is 16.4 Å². The molecule has 0 radical (unpaired) electrons. The molecular weight excluding hydrogens is 417 g/mol. The van der Waals surface area contributed by atoms with Crippen molar-refractivity contribution in [2.75, 3.05) is 25.0 Å². The first kappa shape index (κ1) is 22.6. The molecule has 1 amide bonds. The number of amides is 1. The minimum atomic E-state index is -4.54. The van der Waals surface area contributed by atoms with Gasteiger partial charge in [0.15, 0.2) is 6.61 Å². The monoisotopic (exact) mass is 434 g/mol. The standard InChI is InChI=1S/C17H18ClF3N4O4/c18-12-6-10(17(19,20)21)7-24-16(12)23-5-4-22-15(28)9-29-25-8-11-13(26)2-1-3-14(11)27/h6-8,11H,1-5,9H2,(H,22,28)(H,23,24)/b25-8+. The number of aromatic nitrogens is 1. The smallest absolute Gasteiger partial charge is 0.386 e. The van der Waals surface area contributed by atoms with Crippen LogP contribution in [0.4, 0.5) is 19.0 Å². The quantitative estimate of drug-likeness (QED) is 0.281. The topological polar surface area (TPSA) is 110 Å². The number of hydrogen-bond donors (Lipinski definition) is 2. The Labute approximate surface area is 168 Å². The number of carbonyl (C=O) groups excluding carboxylic acids is 3. The summed E-state index contributed by atoms with van der Waals surface area (Å²) in [5.74, 6) is -1.83. The fourth-order valence-corrected chi connectivity index (χ4v) is 2.68. The predicted octanol–water partition coefficient (Wildman–Crippen LogP) is 2.22. The molecule has 0 spiro atoms. The first-order valence-electron chi connectivity index (χ1n) is 8.62. The second-order valence-corrected chi connectivity index (χ2v) is 6.53. The van der Waals surface area contributed by atoms with Crippen LogP contribution in [-0.4, -0.2) is 48.4 Å². The summed E-state index contributed by atoms with van der Waals surface area (Å²) in [5, 5.41) is 8.47. The molecule has 0 aliphatic heterocycles. The third-order valence-corrected chi connectivity index (χ3v) is 4.22. The summed E-state index contributed by atoms with van der Waals surface area (Å²) >= 11 is 5.75. The Morgan fingerprint density at radius 1 is 1.31 bits per heavy atom. The molecule has 29 heavy (non-hydrogen) atoms. The number of rotatable bonds is 8. The molecule has 0 atom stereocenters. The molecule has 0 unspecified atom stereocenters. The van der Waals surface area contributed by atoms with Crippen molar-refractivity contribution in [2.24, 2.45) is 11.1 Å². The van der Waals surface area contributed by atoms with E-state index in [0.717, 1.165) is 12.3 Å². The van der Waals surface area contributed by atoms with Crippen LogP contribution in [0.2, 0.25) is 5.02 Å². The Balaban J connectivity index is 1.67. The van der Waals surface area contributed by atoms with Gasteiger partial charge in [-0.05, 0) is 12.5 Å². The molecule has 1 saturated carbocycles. The number of hydrogen-bond acceptors (Lipinski definition) is 7. The van der Waals surface area contributed by atoms with E-state index in [9.17, 15) is 27.6 Å². The SMILES string of the molecule is O=C(CO/N=C/C1C(=O)CCCC1=O)NCCNc1ncc(C(F)(F)F)cc1Cl. The molecule has 0 saturated heterocycles. The van der Waals surface area contributed by atoms with Gasteiger partial charge in [0.2, 0.25) is 0 Å². The fourth-order valence-electron chi connectivity index (χ4n) is 2.45. The molecule has 1 aromatic rings. The first-order chi connectivity index (χ1) is 13.7. The molecule has 1 aliphatic carbocycles. The molecule has 0 bridgehead atoms. The third-order valence-electron chi connectivity index (χ3n) is 3.93. The van der Waals surface area contributed by atoms with Gasteiger partial charge in [-0.1, -0.05) is 16.8 Å². The maximum Gasteiger partial charge on any atom is 0.417 e. The predicted molar refractivity (Wildman–Crippen MR) is 97.5 cm³/mol. The molecule has 1 heterocycles. The summed E-state index contributed by atoms with van der Waals surface area (Å²) in [6.07, 6.45) is -1.63. The van der Waals surface area contributed by atoms with Gasteiger partial charge in [0.1, 0.15) is 23.3 Å². The zero-order valence-corrected chi connectivity index (χ0v) is 15.8. The van der Waals surface area contributed by atoms with Crippen molar-refractivity contribution in [1.29, 1.82) is 0 Å². The van der Waals surface area contributed by atoms with Crippen LogP contribution in [0.3, 0.4) is 0 Å². The van der Waals surface area contributed by atoms with Crippen molar-refractivity contribution >= 4 is 41.1 Å². The highest BCUT2D eigenvalue weighted by Gasteiger charge is 2.31. The second-order valence-electron chi connectivity index (χ2n) is 6.12. The maximum atomic E-state index is 12.5. The molecular formula is C17H18ClF3N4O4. The Hall–Kier alpha value is -2.69. The number of nitrogens with one attached hydrogen (secondary N) is 2. The van der Waals surface area contributed by atoms with E-state index in [2.05, 4.69) is 20.8 Å². The van der Waals surface area contributed by atoms with Gasteiger partial charge >= 0.3 is 6.18 Å². The van der Waals surface area contributed by atoms with Crippen LogP contribution in [0.25, 0.3) is 0 Å². The lowest BCUT2D eigenvalue weighted by molar-refractivity contribution is -0.138. The largest absolute Gasteiger partial charge is 0.417 e. The van der Waals surface area contributed by atoms with Crippen LogP contribution in [0.5, 0.6) is 0 Å². The lowest BCUT2D eigenvalue weighted by Gasteiger charge is -2.14. The Morgan fingerprint density at radius 2 is 2.00 bits per heavy atom. The number of ketones is 2. The Kier molecular flexibility index (Phi) is 7.94. The molecule has 2 rings (SSSR count). The summed E-state index contributed by atoms with van der Waals surface area (Å²) < 4.78 is 37.6. The normalized spacial score (nSPS) is 15.6. The summed E-state index contributed by atoms with van der Waals surface area (Å²) in [7, 11) is 0. The molecule has 12 heteroatoms. The molecule has 1 aliphatic rings. The minimum absolute atomic E-state index is 0.0524. The van der Waals surface area contributed by atoms with Crippen molar-refractivity contribution in [3.63, 3.8) is 0 Å². The van der Waals surface area contributed by atoms with E-state index < -0.39 is 30.2 Å². The minimum Gasteiger partial charge on any atom is -0.386 e. The van der Waals surface area contributed by atoms with E-state index in [1.54, 1.807) is 0 Å². The highest BCUT2D eigenvalue weighted by Crippen LogP contribution is 2.32. The van der Waals surface area contributed by atoms with Gasteiger partial charge < -0.3 is 15.5 Å². The fraction of sp³-hybridized carbons (Fsp3) is 0.471. The van der Waals surface area contributed by atoms with Crippen LogP contribution in [0.15, 0.2) is 17.4 Å². The van der Waals surface area contributed by atoms with E-state index in [0.29, 0.717) is 25.5 Å². The third kappa shape index (κ3) is 7.00. The highest BCUT2D eigenvalue weighted by molar-refractivity contribution is 6.33. The van der Waals surface area contributed by atoms with E-state index in [1.165, 1.54) is 0 Å². The number of oxime groups is 1. The van der Waals surface area contributed by atoms with Gasteiger partial charge in [-0.25, -0.2) is 4.98 Å². The van der Waals surface area contributed by atoms with Gasteiger partial charge in [0, 0.05) is 32.1 Å². The average Bonchev–Trinajstić information content (AvgIpc) is 2.64. The molecule has 8 nitrogen and oxygen atoms in total. The average molecular weight is 435 g/mol. The van der Waals surface area contributed by atoms with Gasteiger partial charge in [0.05, 0.1) is 16.8 Å². The number of Topliss-reactive ketones (excluding diaryl/α,β-unsaturated/α-hetero) is 2. The molecule has 158 valence electrons. The van der Waals surface area contributed by atoms with Gasteiger partial charge in [-0.15, -0.1) is 0 Å². The number of carbonyl (C=O) groups is 3.